The highest BCUT2D eigenvalue weighted by Gasteiger charge is 2.30. The molecular formula is C14H25O6. The van der Waals surface area contributed by atoms with Gasteiger partial charge in [-0.25, -0.2) is 0 Å². The van der Waals surface area contributed by atoms with Crippen molar-refractivity contribution in [2.75, 3.05) is 53.9 Å². The van der Waals surface area contributed by atoms with Gasteiger partial charge in [-0.1, -0.05) is 0 Å². The fourth-order valence-electron chi connectivity index (χ4n) is 1.66. The van der Waals surface area contributed by atoms with Gasteiger partial charge in [-0.05, 0) is 12.8 Å². The Labute approximate surface area is 120 Å². The summed E-state index contributed by atoms with van der Waals surface area (Å²) in [5, 5.41) is 0. The zero-order valence-corrected chi connectivity index (χ0v) is 12.4. The minimum Gasteiger partial charge on any atom is -0.382 e. The largest absolute Gasteiger partial charge is 0.382 e. The summed E-state index contributed by atoms with van der Waals surface area (Å²) in [6, 6.07) is 0. The van der Waals surface area contributed by atoms with E-state index in [4.69, 9.17) is 18.9 Å². The molecule has 0 unspecified atom stereocenters. The molecule has 1 radical (unpaired) electrons. The molecule has 6 heteroatoms. The summed E-state index contributed by atoms with van der Waals surface area (Å²) in [6.45, 7) is 2.74. The SMILES string of the molecule is COCCOCCC([C]=O)(CC=O)CCOCCOC. The molecule has 0 aromatic heterocycles. The van der Waals surface area contributed by atoms with Crippen molar-refractivity contribution in [2.24, 2.45) is 5.41 Å². The number of carbonyl (C=O) groups excluding carboxylic acids is 2. The van der Waals surface area contributed by atoms with E-state index in [0.717, 1.165) is 6.29 Å². The van der Waals surface area contributed by atoms with Crippen molar-refractivity contribution in [2.45, 2.75) is 19.3 Å². The predicted octanol–water partition coefficient (Wildman–Crippen LogP) is 0.778. The predicted molar refractivity (Wildman–Crippen MR) is 73.4 cm³/mol. The molecule has 0 saturated heterocycles. The van der Waals surface area contributed by atoms with Crippen LogP contribution in [0.5, 0.6) is 0 Å². The normalized spacial score (nSPS) is 11.5. The maximum Gasteiger partial charge on any atom is 0.205 e. The van der Waals surface area contributed by atoms with Crippen LogP contribution in [0.15, 0.2) is 0 Å². The third kappa shape index (κ3) is 9.14. The lowest BCUT2D eigenvalue weighted by molar-refractivity contribution is -0.109. The summed E-state index contributed by atoms with van der Waals surface area (Å²) in [6.07, 6.45) is 3.78. The maximum absolute atomic E-state index is 11.2. The Morgan fingerprint density at radius 1 is 0.900 bits per heavy atom. The number of methoxy groups -OCH3 is 2. The summed E-state index contributed by atoms with van der Waals surface area (Å²) >= 11 is 0. The standard InChI is InChI=1S/C14H25O6/c1-17-9-11-19-7-4-14(13-16,3-6-15)5-8-20-12-10-18-2/h6H,3-5,7-12H2,1-2H3. The molecule has 0 fully saturated rings. The van der Waals surface area contributed by atoms with Crippen LogP contribution in [0.25, 0.3) is 0 Å². The first-order valence-corrected chi connectivity index (χ1v) is 6.71. The van der Waals surface area contributed by atoms with Crippen molar-refractivity contribution >= 4 is 12.6 Å². The van der Waals surface area contributed by atoms with Gasteiger partial charge in [-0.15, -0.1) is 0 Å². The Morgan fingerprint density at radius 3 is 1.75 bits per heavy atom. The van der Waals surface area contributed by atoms with Crippen molar-refractivity contribution in [1.82, 2.24) is 0 Å². The zero-order chi connectivity index (χ0) is 15.1. The summed E-state index contributed by atoms with van der Waals surface area (Å²) in [4.78, 5) is 22.0. The van der Waals surface area contributed by atoms with Gasteiger partial charge in [0, 0.05) is 39.3 Å². The molecule has 0 aliphatic carbocycles. The number of hydrogen-bond donors (Lipinski definition) is 0. The molecule has 0 bridgehead atoms. The number of ether oxygens (including phenoxy) is 4. The van der Waals surface area contributed by atoms with E-state index in [2.05, 4.69) is 0 Å². The molecule has 117 valence electrons. The summed E-state index contributed by atoms with van der Waals surface area (Å²) in [5.74, 6) is 0. The topological polar surface area (TPSA) is 71.1 Å². The highest BCUT2D eigenvalue weighted by molar-refractivity contribution is 5.67. The Kier molecular flexibility index (Phi) is 12.6. The zero-order valence-electron chi connectivity index (χ0n) is 12.4. The van der Waals surface area contributed by atoms with Gasteiger partial charge in [-0.3, -0.25) is 4.79 Å². The Balaban J connectivity index is 4.06. The van der Waals surface area contributed by atoms with Crippen LogP contribution < -0.4 is 0 Å². The average Bonchev–Trinajstić information content (AvgIpc) is 2.46. The summed E-state index contributed by atoms with van der Waals surface area (Å²) in [7, 11) is 3.19. The molecule has 0 atom stereocenters. The summed E-state index contributed by atoms with van der Waals surface area (Å²) in [5.41, 5.74) is -0.818. The Morgan fingerprint density at radius 2 is 1.40 bits per heavy atom. The second-order valence-corrected chi connectivity index (χ2v) is 4.46. The van der Waals surface area contributed by atoms with Crippen molar-refractivity contribution in [3.8, 4) is 0 Å². The lowest BCUT2D eigenvalue weighted by Gasteiger charge is -2.24. The van der Waals surface area contributed by atoms with E-state index in [1.165, 1.54) is 0 Å². The maximum atomic E-state index is 11.2. The van der Waals surface area contributed by atoms with Crippen molar-refractivity contribution in [1.29, 1.82) is 0 Å². The van der Waals surface area contributed by atoms with Crippen LogP contribution in [-0.2, 0) is 28.5 Å². The van der Waals surface area contributed by atoms with Crippen LogP contribution in [0.1, 0.15) is 19.3 Å². The first kappa shape index (κ1) is 19.2. The fraction of sp³-hybridized carbons (Fsp3) is 0.857. The highest BCUT2D eigenvalue weighted by atomic mass is 16.5. The molecule has 0 heterocycles. The molecule has 0 aliphatic heterocycles. The summed E-state index contributed by atoms with van der Waals surface area (Å²) < 4.78 is 20.4. The van der Waals surface area contributed by atoms with Crippen LogP contribution in [0.2, 0.25) is 0 Å². The van der Waals surface area contributed by atoms with Gasteiger partial charge >= 0.3 is 0 Å². The number of rotatable bonds is 15. The van der Waals surface area contributed by atoms with Gasteiger partial charge in [0.25, 0.3) is 0 Å². The minimum atomic E-state index is -0.818. The van der Waals surface area contributed by atoms with Crippen LogP contribution >= 0.6 is 0 Å². The molecule has 0 amide bonds. The van der Waals surface area contributed by atoms with Gasteiger partial charge in [0.1, 0.15) is 6.29 Å². The Bertz CT molecular complexity index is 230. The molecule has 20 heavy (non-hydrogen) atoms. The molecule has 0 N–H and O–H groups in total. The van der Waals surface area contributed by atoms with Crippen molar-refractivity contribution in [3.63, 3.8) is 0 Å². The van der Waals surface area contributed by atoms with Gasteiger partial charge < -0.3 is 23.7 Å². The Hall–Kier alpha value is -0.820. The smallest absolute Gasteiger partial charge is 0.205 e. The van der Waals surface area contributed by atoms with Gasteiger partial charge in [0.15, 0.2) is 0 Å². The van der Waals surface area contributed by atoms with Crippen molar-refractivity contribution in [3.05, 3.63) is 0 Å². The average molecular weight is 289 g/mol. The fourth-order valence-corrected chi connectivity index (χ4v) is 1.66. The molecule has 0 aromatic carbocycles. The molecule has 6 nitrogen and oxygen atoms in total. The monoisotopic (exact) mass is 289 g/mol. The molecule has 0 aromatic rings. The molecular weight excluding hydrogens is 264 g/mol. The lowest BCUT2D eigenvalue weighted by atomic mass is 9.80. The number of hydrogen-bond acceptors (Lipinski definition) is 6. The van der Waals surface area contributed by atoms with Crippen molar-refractivity contribution < 1.29 is 28.5 Å². The minimum absolute atomic E-state index is 0.137. The first-order chi connectivity index (χ1) is 9.74. The highest BCUT2D eigenvalue weighted by Crippen LogP contribution is 2.27. The number of aldehydes is 1. The molecule has 0 rings (SSSR count). The third-order valence-corrected chi connectivity index (χ3v) is 3.00. The second-order valence-electron chi connectivity index (χ2n) is 4.46. The van der Waals surface area contributed by atoms with Crippen LogP contribution in [0.3, 0.4) is 0 Å². The van der Waals surface area contributed by atoms with E-state index in [9.17, 15) is 9.59 Å². The third-order valence-electron chi connectivity index (χ3n) is 3.00. The molecule has 0 spiro atoms. The van der Waals surface area contributed by atoms with Gasteiger partial charge in [0.2, 0.25) is 6.29 Å². The van der Waals surface area contributed by atoms with Crippen LogP contribution in [0, 0.1) is 5.41 Å². The van der Waals surface area contributed by atoms with E-state index < -0.39 is 5.41 Å². The lowest BCUT2D eigenvalue weighted by Crippen LogP contribution is -2.28. The van der Waals surface area contributed by atoms with Gasteiger partial charge in [-0.2, -0.15) is 0 Å². The van der Waals surface area contributed by atoms with E-state index in [1.54, 1.807) is 14.2 Å². The molecule has 0 saturated carbocycles. The van der Waals surface area contributed by atoms with Crippen LogP contribution in [0.4, 0.5) is 0 Å². The quantitative estimate of drug-likeness (QED) is 0.328. The van der Waals surface area contributed by atoms with E-state index >= 15 is 0 Å². The van der Waals surface area contributed by atoms with Gasteiger partial charge in [0.05, 0.1) is 26.4 Å². The second kappa shape index (κ2) is 13.2. The number of carbonyl (C=O) groups is 1. The van der Waals surface area contributed by atoms with E-state index in [-0.39, 0.29) is 6.42 Å². The first-order valence-electron chi connectivity index (χ1n) is 6.71. The van der Waals surface area contributed by atoms with E-state index in [0.29, 0.717) is 52.5 Å². The molecule has 0 aliphatic rings. The van der Waals surface area contributed by atoms with Crippen LogP contribution in [-0.4, -0.2) is 66.4 Å². The van der Waals surface area contributed by atoms with E-state index in [1.807, 2.05) is 6.29 Å².